The summed E-state index contributed by atoms with van der Waals surface area (Å²) in [6.07, 6.45) is -1.24. The quantitative estimate of drug-likeness (QED) is 0.497. The lowest BCUT2D eigenvalue weighted by molar-refractivity contribution is -0.274. The molecule has 0 saturated heterocycles. The summed E-state index contributed by atoms with van der Waals surface area (Å²) in [5.41, 5.74) is 3.15. The maximum Gasteiger partial charge on any atom is 0.573 e. The number of halogens is 3. The molecule has 0 spiro atoms. The minimum atomic E-state index is -4.67. The first kappa shape index (κ1) is 17.3. The van der Waals surface area contributed by atoms with E-state index in [1.807, 2.05) is 6.07 Å². The highest BCUT2D eigenvalue weighted by Crippen LogP contribution is 2.29. The van der Waals surface area contributed by atoms with Gasteiger partial charge in [-0.3, -0.25) is 0 Å². The second kappa shape index (κ2) is 7.18. The van der Waals surface area contributed by atoms with Crippen LogP contribution in [0, 0.1) is 0 Å². The maximum atomic E-state index is 12.2. The predicted molar refractivity (Wildman–Crippen MR) is 94.7 cm³/mol. The first-order valence-electron chi connectivity index (χ1n) is 8.33. The molecule has 130 valence electrons. The Morgan fingerprint density at radius 1 is 0.800 bits per heavy atom. The van der Waals surface area contributed by atoms with E-state index in [1.165, 1.54) is 35.9 Å². The molecule has 0 unspecified atom stereocenters. The van der Waals surface area contributed by atoms with Gasteiger partial charge in [0.1, 0.15) is 5.75 Å². The molecular formula is C21H19F3O. The summed E-state index contributed by atoms with van der Waals surface area (Å²) >= 11 is 0. The Kier molecular flexibility index (Phi) is 4.98. The number of aryl methyl sites for hydroxylation is 1. The van der Waals surface area contributed by atoms with Crippen LogP contribution in [0.5, 0.6) is 5.75 Å². The van der Waals surface area contributed by atoms with Crippen LogP contribution in [0.25, 0.3) is 21.9 Å². The Balaban J connectivity index is 1.83. The van der Waals surface area contributed by atoms with Gasteiger partial charge in [0.15, 0.2) is 0 Å². The molecule has 0 aliphatic rings. The van der Waals surface area contributed by atoms with Crippen molar-refractivity contribution in [3.05, 3.63) is 66.2 Å². The van der Waals surface area contributed by atoms with Crippen LogP contribution in [0.1, 0.15) is 25.3 Å². The zero-order valence-electron chi connectivity index (χ0n) is 13.9. The topological polar surface area (TPSA) is 9.23 Å². The summed E-state index contributed by atoms with van der Waals surface area (Å²) in [5, 5.41) is 2.29. The van der Waals surface area contributed by atoms with Crippen LogP contribution in [0.4, 0.5) is 13.2 Å². The fraction of sp³-hybridized carbons (Fsp3) is 0.238. The molecule has 3 aromatic carbocycles. The van der Waals surface area contributed by atoms with Gasteiger partial charge in [0.05, 0.1) is 0 Å². The summed E-state index contributed by atoms with van der Waals surface area (Å²) in [7, 11) is 0. The van der Waals surface area contributed by atoms with Crippen molar-refractivity contribution in [2.75, 3.05) is 0 Å². The highest BCUT2D eigenvalue weighted by Gasteiger charge is 2.30. The largest absolute Gasteiger partial charge is 0.573 e. The van der Waals surface area contributed by atoms with Crippen LogP contribution in [0.3, 0.4) is 0 Å². The third-order valence-electron chi connectivity index (χ3n) is 4.14. The first-order valence-corrected chi connectivity index (χ1v) is 8.33. The molecule has 0 atom stereocenters. The molecule has 3 rings (SSSR count). The van der Waals surface area contributed by atoms with Crippen LogP contribution < -0.4 is 4.74 Å². The fourth-order valence-electron chi connectivity index (χ4n) is 2.86. The van der Waals surface area contributed by atoms with Gasteiger partial charge in [-0.05, 0) is 58.5 Å². The highest BCUT2D eigenvalue weighted by atomic mass is 19.4. The molecule has 0 aromatic heterocycles. The maximum absolute atomic E-state index is 12.2. The Hall–Kier alpha value is -2.49. The van der Waals surface area contributed by atoms with E-state index in [2.05, 4.69) is 42.0 Å². The number of benzene rings is 3. The van der Waals surface area contributed by atoms with Gasteiger partial charge in [0.2, 0.25) is 0 Å². The molecule has 0 fully saturated rings. The number of rotatable bonds is 5. The van der Waals surface area contributed by atoms with Crippen molar-refractivity contribution in [3.8, 4) is 16.9 Å². The predicted octanol–water partition coefficient (Wildman–Crippen LogP) is 6.75. The van der Waals surface area contributed by atoms with Gasteiger partial charge in [0, 0.05) is 0 Å². The molecule has 0 bridgehead atoms. The van der Waals surface area contributed by atoms with Crippen molar-refractivity contribution in [1.82, 2.24) is 0 Å². The highest BCUT2D eigenvalue weighted by molar-refractivity contribution is 5.87. The average molecular weight is 344 g/mol. The van der Waals surface area contributed by atoms with Gasteiger partial charge in [-0.1, -0.05) is 55.8 Å². The van der Waals surface area contributed by atoms with Crippen molar-refractivity contribution in [2.24, 2.45) is 0 Å². The van der Waals surface area contributed by atoms with Crippen molar-refractivity contribution in [2.45, 2.75) is 32.5 Å². The second-order valence-corrected chi connectivity index (χ2v) is 6.07. The van der Waals surface area contributed by atoms with E-state index in [9.17, 15) is 13.2 Å². The van der Waals surface area contributed by atoms with E-state index in [-0.39, 0.29) is 5.75 Å². The molecule has 3 aromatic rings. The van der Waals surface area contributed by atoms with Gasteiger partial charge >= 0.3 is 6.36 Å². The number of hydrogen-bond donors (Lipinski definition) is 0. The van der Waals surface area contributed by atoms with Gasteiger partial charge in [-0.15, -0.1) is 13.2 Å². The first-order chi connectivity index (χ1) is 11.9. The Bertz CT molecular complexity index is 851. The Morgan fingerprint density at radius 2 is 1.44 bits per heavy atom. The smallest absolute Gasteiger partial charge is 0.406 e. The summed E-state index contributed by atoms with van der Waals surface area (Å²) < 4.78 is 40.6. The number of alkyl halides is 3. The van der Waals surface area contributed by atoms with Crippen molar-refractivity contribution in [3.63, 3.8) is 0 Å². The van der Waals surface area contributed by atoms with Crippen LogP contribution in [0.15, 0.2) is 60.7 Å². The van der Waals surface area contributed by atoms with Crippen LogP contribution in [-0.2, 0) is 6.42 Å². The lowest BCUT2D eigenvalue weighted by Gasteiger charge is -2.10. The lowest BCUT2D eigenvalue weighted by atomic mass is 9.98. The van der Waals surface area contributed by atoms with Crippen molar-refractivity contribution < 1.29 is 17.9 Å². The Labute approximate surface area is 145 Å². The monoisotopic (exact) mass is 344 g/mol. The molecular weight excluding hydrogens is 325 g/mol. The van der Waals surface area contributed by atoms with E-state index in [0.29, 0.717) is 0 Å². The van der Waals surface area contributed by atoms with E-state index >= 15 is 0 Å². The number of hydrogen-bond acceptors (Lipinski definition) is 1. The fourth-order valence-corrected chi connectivity index (χ4v) is 2.86. The lowest BCUT2D eigenvalue weighted by Crippen LogP contribution is -2.16. The van der Waals surface area contributed by atoms with Crippen LogP contribution in [0.2, 0.25) is 0 Å². The molecule has 0 heterocycles. The molecule has 0 amide bonds. The van der Waals surface area contributed by atoms with E-state index in [0.717, 1.165) is 22.9 Å². The summed E-state index contributed by atoms with van der Waals surface area (Å²) in [5.74, 6) is -0.211. The summed E-state index contributed by atoms with van der Waals surface area (Å²) in [6.45, 7) is 2.18. The van der Waals surface area contributed by atoms with E-state index in [4.69, 9.17) is 0 Å². The minimum absolute atomic E-state index is 0.211. The normalized spacial score (nSPS) is 11.7. The molecule has 0 N–H and O–H groups in total. The number of ether oxygens (including phenoxy) is 1. The molecule has 25 heavy (non-hydrogen) atoms. The Morgan fingerprint density at radius 3 is 2.12 bits per heavy atom. The van der Waals surface area contributed by atoms with Gasteiger partial charge < -0.3 is 4.74 Å². The van der Waals surface area contributed by atoms with Gasteiger partial charge in [-0.25, -0.2) is 0 Å². The third kappa shape index (κ3) is 4.53. The van der Waals surface area contributed by atoms with Crippen molar-refractivity contribution >= 4 is 10.8 Å². The van der Waals surface area contributed by atoms with E-state index < -0.39 is 6.36 Å². The molecule has 0 radical (unpaired) electrons. The van der Waals surface area contributed by atoms with Crippen LogP contribution >= 0.6 is 0 Å². The van der Waals surface area contributed by atoms with Crippen molar-refractivity contribution in [1.29, 1.82) is 0 Å². The SMILES string of the molecule is CCCCc1ccc2cc(-c3ccc(OC(F)(F)F)cc3)ccc2c1. The molecule has 0 saturated carbocycles. The zero-order valence-corrected chi connectivity index (χ0v) is 13.9. The average Bonchev–Trinajstić information content (AvgIpc) is 2.58. The van der Waals surface area contributed by atoms with E-state index in [1.54, 1.807) is 12.1 Å². The van der Waals surface area contributed by atoms with Gasteiger partial charge in [-0.2, -0.15) is 0 Å². The van der Waals surface area contributed by atoms with Gasteiger partial charge in [0.25, 0.3) is 0 Å². The molecule has 0 aliphatic carbocycles. The molecule has 1 nitrogen and oxygen atoms in total. The second-order valence-electron chi connectivity index (χ2n) is 6.07. The number of fused-ring (bicyclic) bond motifs is 1. The zero-order chi connectivity index (χ0) is 17.9. The van der Waals surface area contributed by atoms with Crippen LogP contribution in [-0.4, -0.2) is 6.36 Å². The standard InChI is InChI=1S/C21H19F3O/c1-2-3-4-15-5-6-19-14-18(8-7-17(19)13-15)16-9-11-20(12-10-16)25-21(22,23)24/h5-14H,2-4H2,1H3. The summed E-state index contributed by atoms with van der Waals surface area (Å²) in [6, 6.07) is 18.5. The third-order valence-corrected chi connectivity index (χ3v) is 4.14. The minimum Gasteiger partial charge on any atom is -0.406 e. The summed E-state index contributed by atoms with van der Waals surface area (Å²) in [4.78, 5) is 0. The number of unbranched alkanes of at least 4 members (excludes halogenated alkanes) is 1. The molecule has 4 heteroatoms. The molecule has 0 aliphatic heterocycles.